The summed E-state index contributed by atoms with van der Waals surface area (Å²) in [6, 6.07) is 10.6. The zero-order valence-corrected chi connectivity index (χ0v) is 12.1. The number of rotatable bonds is 4. The number of nitrogens with zero attached hydrogens (tertiary/aromatic N) is 1. The van der Waals surface area contributed by atoms with Gasteiger partial charge in [0, 0.05) is 12.2 Å². The standard InChI is InChI=1S/C14H15NO4S/c1-3-19-13(16)14(9-15)11(12(14)20(2,17)18)10-7-5-4-6-8-10/h4-8,11-12H,3H2,1-2H3. The predicted molar refractivity (Wildman–Crippen MR) is 72.5 cm³/mol. The van der Waals surface area contributed by atoms with Gasteiger partial charge >= 0.3 is 5.97 Å². The van der Waals surface area contributed by atoms with Crippen molar-refractivity contribution in [2.24, 2.45) is 5.41 Å². The van der Waals surface area contributed by atoms with Crippen LogP contribution in [0.25, 0.3) is 0 Å². The van der Waals surface area contributed by atoms with Gasteiger partial charge in [-0.1, -0.05) is 30.3 Å². The van der Waals surface area contributed by atoms with Crippen LogP contribution in [0.2, 0.25) is 0 Å². The highest BCUT2D eigenvalue weighted by Crippen LogP contribution is 2.63. The van der Waals surface area contributed by atoms with Crippen LogP contribution in [0.15, 0.2) is 30.3 Å². The third-order valence-electron chi connectivity index (χ3n) is 3.55. The van der Waals surface area contributed by atoms with E-state index >= 15 is 0 Å². The molecule has 1 aliphatic rings. The molecule has 1 aromatic rings. The average Bonchev–Trinajstić information content (AvgIpc) is 3.11. The molecular weight excluding hydrogens is 278 g/mol. The van der Waals surface area contributed by atoms with Crippen LogP contribution in [0.5, 0.6) is 0 Å². The van der Waals surface area contributed by atoms with Crippen molar-refractivity contribution < 1.29 is 17.9 Å². The Labute approximate surface area is 118 Å². The summed E-state index contributed by atoms with van der Waals surface area (Å²) in [7, 11) is -3.53. The fraction of sp³-hybridized carbons (Fsp3) is 0.429. The molecule has 1 fully saturated rings. The van der Waals surface area contributed by atoms with E-state index in [4.69, 9.17) is 4.74 Å². The summed E-state index contributed by atoms with van der Waals surface area (Å²) in [6.07, 6.45) is 1.05. The van der Waals surface area contributed by atoms with Crippen molar-refractivity contribution in [3.63, 3.8) is 0 Å². The maximum atomic E-state index is 12.1. The van der Waals surface area contributed by atoms with Crippen LogP contribution in [0.1, 0.15) is 18.4 Å². The molecular formula is C14H15NO4S. The molecule has 3 unspecified atom stereocenters. The molecule has 0 aromatic heterocycles. The van der Waals surface area contributed by atoms with Crippen LogP contribution >= 0.6 is 0 Å². The number of sulfone groups is 1. The Kier molecular flexibility index (Phi) is 3.57. The highest BCUT2D eigenvalue weighted by molar-refractivity contribution is 7.91. The highest BCUT2D eigenvalue weighted by atomic mass is 32.2. The van der Waals surface area contributed by atoms with Crippen molar-refractivity contribution in [3.8, 4) is 6.07 Å². The van der Waals surface area contributed by atoms with Crippen molar-refractivity contribution in [1.82, 2.24) is 0 Å². The highest BCUT2D eigenvalue weighted by Gasteiger charge is 2.76. The lowest BCUT2D eigenvalue weighted by Gasteiger charge is -2.07. The Morgan fingerprint density at radius 2 is 2.00 bits per heavy atom. The summed E-state index contributed by atoms with van der Waals surface area (Å²) in [5.74, 6) is -1.42. The lowest BCUT2D eigenvalue weighted by molar-refractivity contribution is -0.147. The van der Waals surface area contributed by atoms with Gasteiger partial charge in [0.25, 0.3) is 0 Å². The minimum Gasteiger partial charge on any atom is -0.465 e. The van der Waals surface area contributed by atoms with Crippen molar-refractivity contribution in [2.45, 2.75) is 18.1 Å². The molecule has 2 rings (SSSR count). The largest absolute Gasteiger partial charge is 0.465 e. The minimum absolute atomic E-state index is 0.111. The second-order valence-electron chi connectivity index (χ2n) is 4.84. The van der Waals surface area contributed by atoms with Crippen molar-refractivity contribution in [1.29, 1.82) is 5.26 Å². The summed E-state index contributed by atoms with van der Waals surface area (Å²) in [5.41, 5.74) is -0.956. The van der Waals surface area contributed by atoms with Gasteiger partial charge in [0.1, 0.15) is 5.25 Å². The van der Waals surface area contributed by atoms with Gasteiger partial charge in [0.15, 0.2) is 15.3 Å². The number of hydrogen-bond acceptors (Lipinski definition) is 5. The van der Waals surface area contributed by atoms with Crippen LogP contribution < -0.4 is 0 Å². The van der Waals surface area contributed by atoms with Gasteiger partial charge in [0.2, 0.25) is 0 Å². The van der Waals surface area contributed by atoms with E-state index in [1.807, 2.05) is 6.07 Å². The number of carbonyl (C=O) groups excluding carboxylic acids is 1. The molecule has 6 heteroatoms. The van der Waals surface area contributed by atoms with Crippen molar-refractivity contribution >= 4 is 15.8 Å². The lowest BCUT2D eigenvalue weighted by Crippen LogP contribution is -2.24. The molecule has 0 bridgehead atoms. The summed E-state index contributed by atoms with van der Waals surface area (Å²) < 4.78 is 28.7. The first kappa shape index (κ1) is 14.5. The van der Waals surface area contributed by atoms with E-state index in [1.54, 1.807) is 37.3 Å². The van der Waals surface area contributed by atoms with Crippen LogP contribution in [0, 0.1) is 16.7 Å². The smallest absolute Gasteiger partial charge is 0.328 e. The van der Waals surface area contributed by atoms with Gasteiger partial charge in [-0.15, -0.1) is 0 Å². The molecule has 1 aliphatic carbocycles. The molecule has 0 amide bonds. The van der Waals surface area contributed by atoms with Crippen LogP contribution in [0.4, 0.5) is 0 Å². The first-order valence-corrected chi connectivity index (χ1v) is 8.17. The first-order valence-electron chi connectivity index (χ1n) is 6.21. The van der Waals surface area contributed by atoms with Gasteiger partial charge in [-0.2, -0.15) is 5.26 Å². The molecule has 1 aromatic carbocycles. The average molecular weight is 293 g/mol. The van der Waals surface area contributed by atoms with Gasteiger partial charge < -0.3 is 4.74 Å². The maximum absolute atomic E-state index is 12.1. The Morgan fingerprint density at radius 1 is 1.40 bits per heavy atom. The predicted octanol–water partition coefficient (Wildman–Crippen LogP) is 1.27. The number of ether oxygens (including phenoxy) is 1. The summed E-state index contributed by atoms with van der Waals surface area (Å²) in [6.45, 7) is 1.73. The Hall–Kier alpha value is -1.87. The SMILES string of the molecule is CCOC(=O)C1(C#N)C(c2ccccc2)C1S(C)(=O)=O. The molecule has 1 saturated carbocycles. The number of nitriles is 1. The Bertz CT molecular complexity index is 662. The van der Waals surface area contributed by atoms with E-state index in [0.29, 0.717) is 5.56 Å². The lowest BCUT2D eigenvalue weighted by atomic mass is 10.0. The van der Waals surface area contributed by atoms with Gasteiger partial charge in [-0.05, 0) is 12.5 Å². The van der Waals surface area contributed by atoms with E-state index in [1.165, 1.54) is 0 Å². The third-order valence-corrected chi connectivity index (χ3v) is 5.12. The number of benzene rings is 1. The normalized spacial score (nSPS) is 28.4. The second kappa shape index (κ2) is 4.91. The maximum Gasteiger partial charge on any atom is 0.328 e. The first-order chi connectivity index (χ1) is 9.39. The summed E-state index contributed by atoms with van der Waals surface area (Å²) >= 11 is 0. The van der Waals surface area contributed by atoms with Gasteiger partial charge in [0.05, 0.1) is 12.7 Å². The van der Waals surface area contributed by atoms with E-state index in [2.05, 4.69) is 0 Å². The molecule has 0 N–H and O–H groups in total. The van der Waals surface area contributed by atoms with Crippen LogP contribution in [-0.4, -0.2) is 32.5 Å². The zero-order chi connectivity index (χ0) is 15.0. The van der Waals surface area contributed by atoms with Crippen molar-refractivity contribution in [2.75, 3.05) is 12.9 Å². The molecule has 5 nitrogen and oxygen atoms in total. The Morgan fingerprint density at radius 3 is 2.45 bits per heavy atom. The topological polar surface area (TPSA) is 84.2 Å². The third kappa shape index (κ3) is 2.08. The molecule has 0 spiro atoms. The number of carbonyl (C=O) groups is 1. The molecule has 20 heavy (non-hydrogen) atoms. The number of esters is 1. The molecule has 3 atom stereocenters. The molecule has 0 aliphatic heterocycles. The van der Waals surface area contributed by atoms with Gasteiger partial charge in [-0.25, -0.2) is 8.42 Å². The molecule has 0 radical (unpaired) electrons. The fourth-order valence-electron chi connectivity index (χ4n) is 2.71. The second-order valence-corrected chi connectivity index (χ2v) is 7.01. The quantitative estimate of drug-likeness (QED) is 0.780. The van der Waals surface area contributed by atoms with E-state index in [9.17, 15) is 18.5 Å². The summed E-state index contributed by atoms with van der Waals surface area (Å²) in [5, 5.41) is 8.36. The van der Waals surface area contributed by atoms with Gasteiger partial charge in [-0.3, -0.25) is 4.79 Å². The van der Waals surface area contributed by atoms with E-state index < -0.39 is 32.4 Å². The molecule has 0 saturated heterocycles. The zero-order valence-electron chi connectivity index (χ0n) is 11.2. The molecule has 0 heterocycles. The van der Waals surface area contributed by atoms with Crippen molar-refractivity contribution in [3.05, 3.63) is 35.9 Å². The fourth-order valence-corrected chi connectivity index (χ4v) is 4.47. The van der Waals surface area contributed by atoms with Crippen LogP contribution in [-0.2, 0) is 19.4 Å². The monoisotopic (exact) mass is 293 g/mol. The molecule has 106 valence electrons. The van der Waals surface area contributed by atoms with Crippen LogP contribution in [0.3, 0.4) is 0 Å². The number of hydrogen-bond donors (Lipinski definition) is 0. The summed E-state index contributed by atoms with van der Waals surface area (Å²) in [4.78, 5) is 12.1. The minimum atomic E-state index is -3.53. The Balaban J connectivity index is 2.50. The van der Waals surface area contributed by atoms with E-state index in [-0.39, 0.29) is 6.61 Å². The van der Waals surface area contributed by atoms with E-state index in [0.717, 1.165) is 6.26 Å².